The molecule has 1 aromatic heterocycles. The van der Waals surface area contributed by atoms with Crippen molar-refractivity contribution in [3.63, 3.8) is 0 Å². The number of amides is 15. The summed E-state index contributed by atoms with van der Waals surface area (Å²) in [5.74, 6) is -15.0. The van der Waals surface area contributed by atoms with Gasteiger partial charge in [-0.05, 0) is 70.7 Å². The Labute approximate surface area is 685 Å². The molecule has 1 aliphatic rings. The maximum Gasteiger partial charge on any atom is 0.246 e. The number of benzene rings is 5. The summed E-state index contributed by atoms with van der Waals surface area (Å²) in [7, 11) is 6.72. The average molecular weight is 1630 g/mol. The third-order valence-electron chi connectivity index (χ3n) is 20.1. The van der Waals surface area contributed by atoms with Gasteiger partial charge in [-0.25, -0.2) is 0 Å². The number of phenolic OH excluding ortho intramolecular Hbond substituents is 1. The Kier molecular flexibility index (Phi) is 35.1. The fourth-order valence-electron chi connectivity index (χ4n) is 13.6. The number of carbonyl (C=O) groups excluding carboxylic acids is 15. The number of unbranched alkanes of at least 4 members (excludes halogenated alkanes) is 1. The number of likely N-dealkylation sites (N-methyl/N-ethyl adjacent to an activating group) is 5. The van der Waals surface area contributed by atoms with E-state index in [9.17, 15) is 48.3 Å². The number of nitrogens with one attached hydrogen (secondary N) is 9. The zero-order chi connectivity index (χ0) is 85.7. The Balaban J connectivity index is 1.31. The van der Waals surface area contributed by atoms with Crippen molar-refractivity contribution in [1.29, 1.82) is 0 Å². The molecule has 1 fully saturated rings. The quantitative estimate of drug-likeness (QED) is 0.0483. The first kappa shape index (κ1) is 92.0. The summed E-state index contributed by atoms with van der Waals surface area (Å²) in [5, 5.41) is 32.3. The molecule has 0 radical (unpaired) electrons. The van der Waals surface area contributed by atoms with Crippen LogP contribution in [0.3, 0.4) is 0 Å². The summed E-state index contributed by atoms with van der Waals surface area (Å²) in [6.45, 7) is 6.47. The lowest BCUT2D eigenvalue weighted by Crippen LogP contribution is -2.60. The van der Waals surface area contributed by atoms with Crippen LogP contribution in [0.4, 0.5) is 0 Å². The molecule has 0 bridgehead atoms. The molecule has 0 aliphatic carbocycles. The minimum Gasteiger partial charge on any atom is -0.508 e. The number of phenols is 1. The van der Waals surface area contributed by atoms with Gasteiger partial charge in [-0.1, -0.05) is 169 Å². The molecule has 14 N–H and O–H groups in total. The SMILES string of the molecule is CCCC[C@H]1C(=O)N(C)CC(=O)N[C@@H](CC(N)=O)C(=O)N[C@@H](C(C)C)C(=O)N(C)[C@@H](Cc2ccccc2)C(=O)N(C)CC(=O)N[C@@H](Cc2c[nH]c3ccccc23)C(=O)N[C@@H](Cc2ccc(O)cc2)C(=O)N[C@@H](CC(C)C)C(=O)N[C@H](C(=O)NCC(N)=O)CSCC(=O)N[C@@H](Cc2ccccc2)C(=O)N(C)[C@@H](Cc2ccccc2)C(=O)N1C. The van der Waals surface area contributed by atoms with Crippen molar-refractivity contribution < 1.29 is 77.0 Å². The smallest absolute Gasteiger partial charge is 0.246 e. The van der Waals surface area contributed by atoms with Crippen LogP contribution in [0.15, 0.2) is 146 Å². The Hall–Kier alpha value is -12.2. The molecule has 6 aromatic rings. The van der Waals surface area contributed by atoms with Gasteiger partial charge in [0.15, 0.2) is 0 Å². The van der Waals surface area contributed by atoms with Crippen molar-refractivity contribution in [1.82, 2.24) is 72.0 Å². The summed E-state index contributed by atoms with van der Waals surface area (Å²) in [4.78, 5) is 227. The second-order valence-electron chi connectivity index (χ2n) is 30.2. The maximum absolute atomic E-state index is 15.4. The van der Waals surface area contributed by atoms with Gasteiger partial charge in [-0.15, -0.1) is 11.8 Å². The van der Waals surface area contributed by atoms with Crippen LogP contribution < -0.4 is 54.0 Å². The fraction of sp³-hybridized carbons (Fsp3) is 0.440. The number of aromatic hydroxyl groups is 1. The highest BCUT2D eigenvalue weighted by atomic mass is 32.2. The average Bonchev–Trinajstić information content (AvgIpc) is 1.79. The van der Waals surface area contributed by atoms with E-state index in [1.54, 1.807) is 149 Å². The first-order valence-electron chi connectivity index (χ1n) is 38.9. The normalized spacial score (nSPS) is 22.1. The van der Waals surface area contributed by atoms with Crippen LogP contribution in [0.25, 0.3) is 10.9 Å². The minimum absolute atomic E-state index is 0.0634. The van der Waals surface area contributed by atoms with Crippen molar-refractivity contribution in [3.8, 4) is 5.75 Å². The lowest BCUT2D eigenvalue weighted by molar-refractivity contribution is -0.151. The van der Waals surface area contributed by atoms with Gasteiger partial charge in [-0.2, -0.15) is 0 Å². The third-order valence-corrected chi connectivity index (χ3v) is 21.1. The molecule has 0 spiro atoms. The molecule has 1 aliphatic heterocycles. The van der Waals surface area contributed by atoms with Gasteiger partial charge in [0.25, 0.3) is 0 Å². The topological polar surface area (TPSA) is 457 Å². The van der Waals surface area contributed by atoms with Crippen molar-refractivity contribution in [2.75, 3.05) is 66.4 Å². The number of aromatic nitrogens is 1. The zero-order valence-electron chi connectivity index (χ0n) is 67.8. The number of primary amides is 2. The molecule has 117 heavy (non-hydrogen) atoms. The highest BCUT2D eigenvalue weighted by molar-refractivity contribution is 8.00. The van der Waals surface area contributed by atoms with Gasteiger partial charge in [0, 0.05) is 90.2 Å². The molecule has 32 nitrogen and oxygen atoms in total. The van der Waals surface area contributed by atoms with E-state index in [1.165, 1.54) is 69.3 Å². The van der Waals surface area contributed by atoms with Crippen LogP contribution in [0.2, 0.25) is 0 Å². The molecular weight excluding hydrogens is 1520 g/mol. The first-order valence-corrected chi connectivity index (χ1v) is 40.0. The highest BCUT2D eigenvalue weighted by Crippen LogP contribution is 2.24. The number of hydrogen-bond acceptors (Lipinski definition) is 17. The predicted molar refractivity (Wildman–Crippen MR) is 440 cm³/mol. The summed E-state index contributed by atoms with van der Waals surface area (Å²) < 4.78 is 0. The number of rotatable bonds is 21. The Morgan fingerprint density at radius 1 is 0.487 bits per heavy atom. The Morgan fingerprint density at radius 2 is 0.949 bits per heavy atom. The molecule has 33 heteroatoms. The van der Waals surface area contributed by atoms with Crippen LogP contribution in [0, 0.1) is 11.8 Å². The highest BCUT2D eigenvalue weighted by Gasteiger charge is 2.42. The molecule has 628 valence electrons. The molecule has 0 saturated carbocycles. The van der Waals surface area contributed by atoms with Gasteiger partial charge >= 0.3 is 0 Å². The zero-order valence-corrected chi connectivity index (χ0v) is 68.6. The summed E-state index contributed by atoms with van der Waals surface area (Å²) in [6.07, 6.45) is 1.01. The monoisotopic (exact) mass is 1630 g/mol. The van der Waals surface area contributed by atoms with E-state index >= 15 is 28.8 Å². The summed E-state index contributed by atoms with van der Waals surface area (Å²) in [6, 6.07) is 24.3. The summed E-state index contributed by atoms with van der Waals surface area (Å²) in [5.41, 5.74) is 14.6. The Bertz CT molecular complexity index is 4460. The molecule has 15 amide bonds. The maximum atomic E-state index is 15.4. The van der Waals surface area contributed by atoms with Crippen LogP contribution in [0.5, 0.6) is 5.75 Å². The molecule has 2 heterocycles. The number of thioether (sulfide) groups is 1. The number of carbonyl (C=O) groups is 15. The number of aromatic amines is 1. The third kappa shape index (κ3) is 27.8. The number of hydrogen-bond donors (Lipinski definition) is 12. The van der Waals surface area contributed by atoms with E-state index in [0.29, 0.717) is 51.6 Å². The summed E-state index contributed by atoms with van der Waals surface area (Å²) >= 11 is 0.852. The van der Waals surface area contributed by atoms with E-state index in [1.807, 2.05) is 6.92 Å². The molecular formula is C84H110N16O16S. The van der Waals surface area contributed by atoms with Crippen molar-refractivity contribution in [2.45, 2.75) is 159 Å². The molecule has 1 saturated heterocycles. The van der Waals surface area contributed by atoms with Crippen molar-refractivity contribution >= 4 is 111 Å². The lowest BCUT2D eigenvalue weighted by atomic mass is 9.98. The van der Waals surface area contributed by atoms with E-state index in [0.717, 1.165) is 26.5 Å². The van der Waals surface area contributed by atoms with Crippen LogP contribution in [-0.2, 0) is 104 Å². The predicted octanol–water partition coefficient (Wildman–Crippen LogP) is 1.29. The number of para-hydroxylation sites is 1. The Morgan fingerprint density at radius 3 is 1.50 bits per heavy atom. The van der Waals surface area contributed by atoms with Gasteiger partial charge < -0.3 is 88.6 Å². The van der Waals surface area contributed by atoms with E-state index in [4.69, 9.17) is 11.5 Å². The van der Waals surface area contributed by atoms with E-state index < -0.39 is 187 Å². The van der Waals surface area contributed by atoms with E-state index in [2.05, 4.69) is 47.5 Å². The number of H-pyrrole nitrogens is 1. The standard InChI is InChI=1S/C84H110N16O16S/c1-11-12-32-66-81(113)96(6)46-72(105)90-63(43-69(85)102)79(111)95-74(51(4)5)84(116)100(10)67(40-53-26-18-14-19-27-53)82(114)97(7)47-71(104)89-62(42-56-44-87-59-31-23-22-30-58(56)59)78(110)93-61(38-55-33-35-57(101)36-34-55)77(109)92-60(37-50(2)3)76(108)94-65(75(107)88-45-70(86)103)48-117-49-73(106)91-64(39-52-24-16-13-17-25-52)80(112)99(9)68(83(115)98(66)8)41-54-28-20-15-21-29-54/h13-31,33-36,44,50-51,60-68,74,87,101H,11-12,32,37-43,45-49H2,1-10H3,(H2,85,102)(H2,86,103)(H,88,107)(H,89,104)(H,90,105)(H,91,106)(H,92,109)(H,93,110)(H,94,108)(H,95,111)/t60-,61-,62-,63-,64-,65-,66-,67-,68-,74-/m0/s1. The van der Waals surface area contributed by atoms with Crippen LogP contribution in [0.1, 0.15) is 94.5 Å². The molecule has 10 atom stereocenters. The number of fused-ring (bicyclic) bond motifs is 1. The minimum atomic E-state index is -1.74. The molecule has 5 aromatic carbocycles. The molecule has 7 rings (SSSR count). The second kappa shape index (κ2) is 44.6. The first-order chi connectivity index (χ1) is 55.6. The van der Waals surface area contributed by atoms with Gasteiger partial charge in [-0.3, -0.25) is 71.9 Å². The largest absolute Gasteiger partial charge is 0.508 e. The fourth-order valence-corrected chi connectivity index (χ4v) is 14.5. The van der Waals surface area contributed by atoms with Crippen molar-refractivity contribution in [2.24, 2.45) is 23.3 Å². The van der Waals surface area contributed by atoms with Gasteiger partial charge in [0.05, 0.1) is 31.8 Å². The van der Waals surface area contributed by atoms with Gasteiger partial charge in [0.2, 0.25) is 88.6 Å². The van der Waals surface area contributed by atoms with Crippen LogP contribution in [-0.4, -0.2) is 250 Å². The van der Waals surface area contributed by atoms with E-state index in [-0.39, 0.29) is 62.4 Å². The number of nitrogens with zero attached hydrogens (tertiary/aromatic N) is 5. The molecule has 0 unspecified atom stereocenters. The lowest BCUT2D eigenvalue weighted by Gasteiger charge is -2.37. The van der Waals surface area contributed by atoms with Crippen molar-refractivity contribution in [3.05, 3.63) is 174 Å². The second-order valence-corrected chi connectivity index (χ2v) is 31.2. The van der Waals surface area contributed by atoms with Crippen LogP contribution >= 0.6 is 11.8 Å². The van der Waals surface area contributed by atoms with Gasteiger partial charge in [0.1, 0.15) is 66.2 Å². The number of nitrogens with two attached hydrogens (primary N) is 2.